The Hall–Kier alpha value is -2.47. The summed E-state index contributed by atoms with van der Waals surface area (Å²) in [5.41, 5.74) is 0.806. The van der Waals surface area contributed by atoms with E-state index < -0.39 is 5.69 Å². The van der Waals surface area contributed by atoms with Gasteiger partial charge < -0.3 is 10.2 Å². The van der Waals surface area contributed by atoms with E-state index in [1.165, 1.54) is 16.3 Å². The van der Waals surface area contributed by atoms with Crippen molar-refractivity contribution in [1.82, 2.24) is 19.8 Å². The normalized spacial score (nSPS) is 17.2. The third kappa shape index (κ3) is 4.14. The summed E-state index contributed by atoms with van der Waals surface area (Å²) in [6, 6.07) is 12.0. The van der Waals surface area contributed by atoms with Gasteiger partial charge in [-0.15, -0.1) is 0 Å². The van der Waals surface area contributed by atoms with Crippen LogP contribution >= 0.6 is 0 Å². The second kappa shape index (κ2) is 7.61. The van der Waals surface area contributed by atoms with Crippen molar-refractivity contribution in [3.05, 3.63) is 64.8 Å². The number of piperidine rings is 1. The fourth-order valence-electron chi connectivity index (χ4n) is 3.39. The Morgan fingerprint density at radius 3 is 2.60 bits per heavy atom. The van der Waals surface area contributed by atoms with E-state index in [4.69, 9.17) is 0 Å². The molecule has 0 aliphatic carbocycles. The van der Waals surface area contributed by atoms with Crippen LogP contribution in [0, 0.1) is 0 Å². The van der Waals surface area contributed by atoms with Gasteiger partial charge in [0.1, 0.15) is 6.54 Å². The topological polar surface area (TPSA) is 67.2 Å². The summed E-state index contributed by atoms with van der Waals surface area (Å²) < 4.78 is 1.32. The number of nitrogens with zero attached hydrogens (tertiary/aromatic N) is 3. The number of hydrogen-bond acceptors (Lipinski definition) is 4. The molecule has 0 bridgehead atoms. The highest BCUT2D eigenvalue weighted by atomic mass is 16.2. The van der Waals surface area contributed by atoms with Crippen LogP contribution in [-0.2, 0) is 16.8 Å². The number of hydrogen-bond donors (Lipinski definition) is 1. The van der Waals surface area contributed by atoms with Gasteiger partial charge in [0.15, 0.2) is 0 Å². The molecule has 2 aromatic rings. The molecule has 1 aliphatic rings. The Labute approximate surface area is 147 Å². The van der Waals surface area contributed by atoms with E-state index in [0.717, 1.165) is 25.9 Å². The zero-order valence-corrected chi connectivity index (χ0v) is 14.5. The maximum absolute atomic E-state index is 12.3. The molecule has 0 saturated carbocycles. The number of rotatable bonds is 5. The van der Waals surface area contributed by atoms with Crippen molar-refractivity contribution in [3.8, 4) is 0 Å². The fourth-order valence-corrected chi connectivity index (χ4v) is 3.39. The van der Waals surface area contributed by atoms with E-state index in [0.29, 0.717) is 6.54 Å². The molecule has 1 aromatic heterocycles. The first-order valence-corrected chi connectivity index (χ1v) is 8.61. The van der Waals surface area contributed by atoms with Gasteiger partial charge in [0.2, 0.25) is 5.91 Å². The highest BCUT2D eigenvalue weighted by Gasteiger charge is 2.35. The number of likely N-dealkylation sites (tertiary alicyclic amines) is 1. The largest absolute Gasteiger partial charge is 0.354 e. The molecule has 6 nitrogen and oxygen atoms in total. The minimum absolute atomic E-state index is 0.00253. The summed E-state index contributed by atoms with van der Waals surface area (Å²) in [6.45, 7) is 2.59. The van der Waals surface area contributed by atoms with Gasteiger partial charge in [-0.2, -0.15) is 0 Å². The molecule has 2 heterocycles. The molecule has 1 fully saturated rings. The summed E-state index contributed by atoms with van der Waals surface area (Å²) in [5, 5.41) is 3.04. The quantitative estimate of drug-likeness (QED) is 0.883. The summed E-state index contributed by atoms with van der Waals surface area (Å²) in [4.78, 5) is 30.0. The highest BCUT2D eigenvalue weighted by Crippen LogP contribution is 2.34. The molecule has 0 spiro atoms. The Balaban J connectivity index is 1.70. The van der Waals surface area contributed by atoms with Gasteiger partial charge in [0, 0.05) is 24.4 Å². The van der Waals surface area contributed by atoms with Crippen molar-refractivity contribution < 1.29 is 4.79 Å². The Bertz CT molecular complexity index is 764. The zero-order chi connectivity index (χ0) is 17.7. The molecule has 1 saturated heterocycles. The van der Waals surface area contributed by atoms with E-state index >= 15 is 0 Å². The third-order valence-corrected chi connectivity index (χ3v) is 5.05. The van der Waals surface area contributed by atoms with E-state index in [-0.39, 0.29) is 17.9 Å². The number of nitrogens with one attached hydrogen (secondary N) is 1. The lowest BCUT2D eigenvalue weighted by molar-refractivity contribution is -0.122. The predicted molar refractivity (Wildman–Crippen MR) is 96.4 cm³/mol. The van der Waals surface area contributed by atoms with Crippen LogP contribution in [0.4, 0.5) is 0 Å². The van der Waals surface area contributed by atoms with Crippen molar-refractivity contribution in [2.75, 3.05) is 26.7 Å². The van der Waals surface area contributed by atoms with Crippen molar-refractivity contribution in [2.24, 2.45) is 0 Å². The minimum atomic E-state index is -0.408. The van der Waals surface area contributed by atoms with Crippen LogP contribution in [0.5, 0.6) is 0 Å². The van der Waals surface area contributed by atoms with E-state index in [9.17, 15) is 9.59 Å². The SMILES string of the molecule is CN1CCC(CNC(=O)Cn2cccnc2=O)(c2ccccc2)CC1. The molecule has 1 N–H and O–H groups in total. The average Bonchev–Trinajstić information content (AvgIpc) is 2.64. The third-order valence-electron chi connectivity index (χ3n) is 5.05. The van der Waals surface area contributed by atoms with Crippen LogP contribution in [0.2, 0.25) is 0 Å². The monoisotopic (exact) mass is 340 g/mol. The Kier molecular flexibility index (Phi) is 5.28. The van der Waals surface area contributed by atoms with Crippen LogP contribution in [0.25, 0.3) is 0 Å². The molecule has 0 atom stereocenters. The van der Waals surface area contributed by atoms with Gasteiger partial charge in [-0.05, 0) is 44.6 Å². The average molecular weight is 340 g/mol. The second-order valence-electron chi connectivity index (χ2n) is 6.76. The fraction of sp³-hybridized carbons (Fsp3) is 0.421. The van der Waals surface area contributed by atoms with Crippen LogP contribution in [0.3, 0.4) is 0 Å². The molecule has 0 radical (unpaired) electrons. The van der Waals surface area contributed by atoms with Gasteiger partial charge in [-0.25, -0.2) is 9.78 Å². The first kappa shape index (κ1) is 17.4. The standard InChI is InChI=1S/C19H24N4O2/c1-22-12-8-19(9-13-22,16-6-3-2-4-7-16)15-21-17(24)14-23-11-5-10-20-18(23)25/h2-7,10-11H,8-9,12-15H2,1H3,(H,21,24). The smallest absolute Gasteiger partial charge is 0.347 e. The van der Waals surface area contributed by atoms with Crippen LogP contribution in [0.15, 0.2) is 53.6 Å². The first-order chi connectivity index (χ1) is 12.1. The molecular formula is C19H24N4O2. The van der Waals surface area contributed by atoms with Crippen LogP contribution in [-0.4, -0.2) is 47.0 Å². The van der Waals surface area contributed by atoms with Gasteiger partial charge in [0.25, 0.3) is 0 Å². The molecule has 132 valence electrons. The number of carbonyl (C=O) groups excluding carboxylic acids is 1. The summed E-state index contributed by atoms with van der Waals surface area (Å²) >= 11 is 0. The van der Waals surface area contributed by atoms with Crippen LogP contribution < -0.4 is 11.0 Å². The number of amides is 1. The number of carbonyl (C=O) groups is 1. The van der Waals surface area contributed by atoms with E-state index in [2.05, 4.69) is 34.4 Å². The van der Waals surface area contributed by atoms with E-state index in [1.807, 2.05) is 18.2 Å². The van der Waals surface area contributed by atoms with Crippen molar-refractivity contribution in [1.29, 1.82) is 0 Å². The van der Waals surface area contributed by atoms with Gasteiger partial charge in [-0.3, -0.25) is 9.36 Å². The van der Waals surface area contributed by atoms with Gasteiger partial charge >= 0.3 is 5.69 Å². The summed E-state index contributed by atoms with van der Waals surface area (Å²) in [5.74, 6) is -0.163. The van der Waals surface area contributed by atoms with Crippen molar-refractivity contribution >= 4 is 5.91 Å². The lowest BCUT2D eigenvalue weighted by Gasteiger charge is -2.41. The predicted octanol–water partition coefficient (Wildman–Crippen LogP) is 1.02. The van der Waals surface area contributed by atoms with Crippen LogP contribution in [0.1, 0.15) is 18.4 Å². The Morgan fingerprint density at radius 1 is 1.20 bits per heavy atom. The molecule has 1 aromatic carbocycles. The second-order valence-corrected chi connectivity index (χ2v) is 6.76. The zero-order valence-electron chi connectivity index (χ0n) is 14.5. The Morgan fingerprint density at radius 2 is 1.92 bits per heavy atom. The lowest BCUT2D eigenvalue weighted by Crippen LogP contribution is -2.48. The van der Waals surface area contributed by atoms with Crippen molar-refractivity contribution in [3.63, 3.8) is 0 Å². The molecule has 6 heteroatoms. The van der Waals surface area contributed by atoms with E-state index in [1.54, 1.807) is 12.3 Å². The maximum atomic E-state index is 12.3. The molecule has 25 heavy (non-hydrogen) atoms. The summed E-state index contributed by atoms with van der Waals surface area (Å²) in [7, 11) is 2.13. The minimum Gasteiger partial charge on any atom is -0.354 e. The van der Waals surface area contributed by atoms with Crippen molar-refractivity contribution in [2.45, 2.75) is 24.8 Å². The molecule has 3 rings (SSSR count). The molecule has 0 unspecified atom stereocenters. The number of aromatic nitrogens is 2. The molecule has 1 amide bonds. The lowest BCUT2D eigenvalue weighted by atomic mass is 9.72. The van der Waals surface area contributed by atoms with Gasteiger partial charge in [0.05, 0.1) is 0 Å². The highest BCUT2D eigenvalue weighted by molar-refractivity contribution is 5.75. The number of benzene rings is 1. The molecular weight excluding hydrogens is 316 g/mol. The first-order valence-electron chi connectivity index (χ1n) is 8.61. The maximum Gasteiger partial charge on any atom is 0.347 e. The summed E-state index contributed by atoms with van der Waals surface area (Å²) in [6.07, 6.45) is 5.01. The van der Waals surface area contributed by atoms with Gasteiger partial charge in [-0.1, -0.05) is 30.3 Å². The molecule has 1 aliphatic heterocycles.